The van der Waals surface area contributed by atoms with E-state index in [-0.39, 0.29) is 0 Å². The summed E-state index contributed by atoms with van der Waals surface area (Å²) in [5, 5.41) is 5.13. The first-order valence-electron chi connectivity index (χ1n) is 9.78. The molecule has 1 aliphatic carbocycles. The van der Waals surface area contributed by atoms with Crippen LogP contribution in [0.2, 0.25) is 0 Å². The topological polar surface area (TPSA) is 30.7 Å². The molecule has 29 heavy (non-hydrogen) atoms. The predicted molar refractivity (Wildman–Crippen MR) is 118 cm³/mol. The lowest BCUT2D eigenvalue weighted by molar-refractivity contribution is 0.989. The van der Waals surface area contributed by atoms with Crippen LogP contribution in [0.25, 0.3) is 60.8 Å². The molecule has 7 rings (SSSR count). The summed E-state index contributed by atoms with van der Waals surface area (Å²) in [6, 6.07) is 28.2. The van der Waals surface area contributed by atoms with Crippen molar-refractivity contribution in [2.75, 3.05) is 0 Å². The summed E-state index contributed by atoms with van der Waals surface area (Å²) in [5.41, 5.74) is 7.40. The minimum Gasteiger partial charge on any atom is -0.278 e. The summed E-state index contributed by atoms with van der Waals surface area (Å²) in [4.78, 5) is 9.14. The molecule has 4 aromatic carbocycles. The summed E-state index contributed by atoms with van der Waals surface area (Å²) in [6.45, 7) is 0. The second kappa shape index (κ2) is 5.30. The van der Waals surface area contributed by atoms with Crippen LogP contribution in [-0.2, 0) is 0 Å². The van der Waals surface area contributed by atoms with E-state index in [0.29, 0.717) is 5.95 Å². The first-order chi connectivity index (χ1) is 14.4. The maximum Gasteiger partial charge on any atom is 0.234 e. The van der Waals surface area contributed by atoms with Crippen LogP contribution in [0.4, 0.5) is 0 Å². The van der Waals surface area contributed by atoms with Crippen molar-refractivity contribution in [3.63, 3.8) is 0 Å². The van der Waals surface area contributed by atoms with E-state index in [1.165, 1.54) is 43.8 Å². The van der Waals surface area contributed by atoms with Crippen LogP contribution >= 0.6 is 0 Å². The van der Waals surface area contributed by atoms with Crippen molar-refractivity contribution in [2.24, 2.45) is 0 Å². The van der Waals surface area contributed by atoms with E-state index in [2.05, 4.69) is 87.3 Å². The number of benzene rings is 4. The Balaban J connectivity index is 1.84. The van der Waals surface area contributed by atoms with Crippen molar-refractivity contribution < 1.29 is 0 Å². The second-order valence-corrected chi connectivity index (χ2v) is 7.49. The summed E-state index contributed by atoms with van der Waals surface area (Å²) < 4.78 is 2.19. The SMILES string of the molecule is c1cnc(-n2c3cccc4c3c3c5c(cccc5ccc32)-c2ccccc2-4)nc1. The molecule has 0 unspecified atom stereocenters. The van der Waals surface area contributed by atoms with Gasteiger partial charge in [0.05, 0.1) is 11.0 Å². The van der Waals surface area contributed by atoms with Crippen LogP contribution in [-0.4, -0.2) is 14.5 Å². The van der Waals surface area contributed by atoms with Crippen LogP contribution in [0.5, 0.6) is 0 Å². The van der Waals surface area contributed by atoms with E-state index in [9.17, 15) is 0 Å². The Kier molecular flexibility index (Phi) is 2.74. The molecule has 0 saturated heterocycles. The molecule has 1 aliphatic rings. The minimum absolute atomic E-state index is 0.704. The first kappa shape index (κ1) is 15.0. The molecule has 0 fully saturated rings. The highest BCUT2D eigenvalue weighted by Gasteiger charge is 2.24. The van der Waals surface area contributed by atoms with Gasteiger partial charge in [-0.05, 0) is 51.2 Å². The van der Waals surface area contributed by atoms with Gasteiger partial charge in [0, 0.05) is 23.2 Å². The summed E-state index contributed by atoms with van der Waals surface area (Å²) >= 11 is 0. The normalized spacial score (nSPS) is 12.1. The number of nitrogens with zero attached hydrogens (tertiary/aromatic N) is 3. The Morgan fingerprint density at radius 2 is 1.14 bits per heavy atom. The van der Waals surface area contributed by atoms with Crippen molar-refractivity contribution in [3.05, 3.63) is 91.3 Å². The monoisotopic (exact) mass is 369 g/mol. The molecule has 0 atom stereocenters. The van der Waals surface area contributed by atoms with E-state index in [0.717, 1.165) is 11.0 Å². The molecule has 0 radical (unpaired) electrons. The third kappa shape index (κ3) is 1.82. The van der Waals surface area contributed by atoms with Crippen molar-refractivity contribution in [3.8, 4) is 28.2 Å². The summed E-state index contributed by atoms with van der Waals surface area (Å²) in [5.74, 6) is 0.704. The molecule has 0 aliphatic heterocycles. The van der Waals surface area contributed by atoms with Crippen LogP contribution < -0.4 is 0 Å². The second-order valence-electron chi connectivity index (χ2n) is 7.49. The Bertz CT molecular complexity index is 1590. The Labute approximate surface area is 166 Å². The van der Waals surface area contributed by atoms with Gasteiger partial charge in [0.2, 0.25) is 5.95 Å². The van der Waals surface area contributed by atoms with Gasteiger partial charge in [-0.2, -0.15) is 0 Å². The van der Waals surface area contributed by atoms with E-state index in [4.69, 9.17) is 0 Å². The molecular formula is C26H15N3. The van der Waals surface area contributed by atoms with Gasteiger partial charge in [-0.15, -0.1) is 0 Å². The molecular weight excluding hydrogens is 354 g/mol. The summed E-state index contributed by atoms with van der Waals surface area (Å²) in [7, 11) is 0. The van der Waals surface area contributed by atoms with E-state index in [1.807, 2.05) is 6.07 Å². The molecule has 6 aromatic rings. The number of aromatic nitrogens is 3. The molecule has 0 N–H and O–H groups in total. The van der Waals surface area contributed by atoms with Crippen molar-refractivity contribution in [2.45, 2.75) is 0 Å². The molecule has 0 spiro atoms. The number of hydrogen-bond donors (Lipinski definition) is 0. The average Bonchev–Trinajstić information content (AvgIpc) is 3.07. The zero-order valence-corrected chi connectivity index (χ0v) is 15.5. The maximum absolute atomic E-state index is 4.57. The lowest BCUT2D eigenvalue weighted by Gasteiger charge is -2.12. The van der Waals surface area contributed by atoms with Crippen LogP contribution in [0.1, 0.15) is 0 Å². The fraction of sp³-hybridized carbons (Fsp3) is 0. The van der Waals surface area contributed by atoms with Crippen LogP contribution in [0, 0.1) is 0 Å². The highest BCUT2D eigenvalue weighted by Crippen LogP contribution is 2.48. The fourth-order valence-electron chi connectivity index (χ4n) is 4.95. The van der Waals surface area contributed by atoms with Gasteiger partial charge in [-0.25, -0.2) is 9.97 Å². The quantitative estimate of drug-likeness (QED) is 0.336. The van der Waals surface area contributed by atoms with Gasteiger partial charge < -0.3 is 0 Å². The zero-order chi connectivity index (χ0) is 18.9. The molecule has 0 amide bonds. The molecule has 2 aromatic heterocycles. The van der Waals surface area contributed by atoms with Gasteiger partial charge in [0.15, 0.2) is 0 Å². The molecule has 0 saturated carbocycles. The predicted octanol–water partition coefficient (Wildman–Crippen LogP) is 6.37. The van der Waals surface area contributed by atoms with Gasteiger partial charge >= 0.3 is 0 Å². The van der Waals surface area contributed by atoms with Crippen LogP contribution in [0.3, 0.4) is 0 Å². The van der Waals surface area contributed by atoms with E-state index >= 15 is 0 Å². The largest absolute Gasteiger partial charge is 0.278 e. The smallest absolute Gasteiger partial charge is 0.234 e. The molecule has 3 nitrogen and oxygen atoms in total. The van der Waals surface area contributed by atoms with Gasteiger partial charge in [-0.1, -0.05) is 60.7 Å². The third-order valence-corrected chi connectivity index (χ3v) is 6.06. The molecule has 0 bridgehead atoms. The summed E-state index contributed by atoms with van der Waals surface area (Å²) in [6.07, 6.45) is 3.61. The number of fused-ring (bicyclic) bond motifs is 3. The Morgan fingerprint density at radius 1 is 0.483 bits per heavy atom. The number of rotatable bonds is 1. The van der Waals surface area contributed by atoms with Crippen molar-refractivity contribution in [1.82, 2.24) is 14.5 Å². The highest BCUT2D eigenvalue weighted by molar-refractivity contribution is 6.30. The molecule has 2 heterocycles. The van der Waals surface area contributed by atoms with Gasteiger partial charge in [0.1, 0.15) is 0 Å². The van der Waals surface area contributed by atoms with Crippen LogP contribution in [0.15, 0.2) is 91.3 Å². The fourth-order valence-corrected chi connectivity index (χ4v) is 4.95. The number of hydrogen-bond acceptors (Lipinski definition) is 2. The van der Waals surface area contributed by atoms with E-state index in [1.54, 1.807) is 12.4 Å². The lowest BCUT2D eigenvalue weighted by atomic mass is 9.93. The standard InChI is InChI=1S/C26H15N3/c1-2-8-18-17(7-1)19-9-3-6-16-12-13-22-25(23(16)19)24-20(18)10-4-11-21(24)29(22)26-27-14-5-15-28-26/h1-15H. The minimum atomic E-state index is 0.704. The Morgan fingerprint density at radius 3 is 1.93 bits per heavy atom. The van der Waals surface area contributed by atoms with Gasteiger partial charge in [-0.3, -0.25) is 4.57 Å². The first-order valence-corrected chi connectivity index (χ1v) is 9.78. The van der Waals surface area contributed by atoms with Crippen molar-refractivity contribution in [1.29, 1.82) is 0 Å². The Hall–Kier alpha value is -3.98. The molecule has 3 heteroatoms. The van der Waals surface area contributed by atoms with E-state index < -0.39 is 0 Å². The van der Waals surface area contributed by atoms with Crippen molar-refractivity contribution >= 4 is 32.6 Å². The van der Waals surface area contributed by atoms with Gasteiger partial charge in [0.25, 0.3) is 0 Å². The average molecular weight is 369 g/mol. The lowest BCUT2D eigenvalue weighted by Crippen LogP contribution is -1.99. The maximum atomic E-state index is 4.57. The third-order valence-electron chi connectivity index (χ3n) is 6.06. The molecule has 134 valence electrons. The highest BCUT2D eigenvalue weighted by atomic mass is 15.1. The zero-order valence-electron chi connectivity index (χ0n) is 15.5.